The molecule has 0 saturated carbocycles. The van der Waals surface area contributed by atoms with Gasteiger partial charge in [-0.3, -0.25) is 24.0 Å². The van der Waals surface area contributed by atoms with Gasteiger partial charge < -0.3 is 42.3 Å². The molecule has 0 unspecified atom stereocenters. The lowest BCUT2D eigenvalue weighted by molar-refractivity contribution is -0.191. The summed E-state index contributed by atoms with van der Waals surface area (Å²) in [6.45, 7) is 5.23. The van der Waals surface area contributed by atoms with E-state index in [9.17, 15) is 24.0 Å². The summed E-state index contributed by atoms with van der Waals surface area (Å²) >= 11 is 0. The lowest BCUT2D eigenvalue weighted by Gasteiger charge is -2.23. The van der Waals surface area contributed by atoms with E-state index in [0.29, 0.717) is 47.1 Å². The largest absolute Gasteiger partial charge is 0.398 e. The second-order valence-electron chi connectivity index (χ2n) is 12.3. The fourth-order valence-corrected chi connectivity index (χ4v) is 6.08. The number of nitrogens with zero attached hydrogens (tertiary/aromatic N) is 4. The second-order valence-corrected chi connectivity index (χ2v) is 12.3. The van der Waals surface area contributed by atoms with Gasteiger partial charge in [0.15, 0.2) is 0 Å². The minimum absolute atomic E-state index is 0.00824. The normalized spacial score (nSPS) is 15.1. The average molecular weight is 745 g/mol. The highest BCUT2D eigenvalue weighted by Gasteiger charge is 2.26. The zero-order valence-corrected chi connectivity index (χ0v) is 29.6. The van der Waals surface area contributed by atoms with E-state index in [0.717, 1.165) is 16.4 Å². The number of carbonyl (C=O) groups is 5. The number of pyridine rings is 2. The van der Waals surface area contributed by atoms with Crippen LogP contribution in [0.5, 0.6) is 0 Å². The van der Waals surface area contributed by atoms with Crippen LogP contribution < -0.4 is 33.2 Å². The van der Waals surface area contributed by atoms with Gasteiger partial charge in [0.05, 0.1) is 28.9 Å². The van der Waals surface area contributed by atoms with Crippen LogP contribution in [0, 0.1) is 0 Å². The van der Waals surface area contributed by atoms with Gasteiger partial charge in [-0.05, 0) is 74.5 Å². The highest BCUT2D eigenvalue weighted by atomic mass is 16.2. The van der Waals surface area contributed by atoms with Crippen molar-refractivity contribution >= 4 is 69.1 Å². The molecule has 2 atom stereocenters. The number of hydrogen-bond acceptors (Lipinski definition) is 10. The Bertz CT molecular complexity index is 2480. The maximum Gasteiger partial charge on any atom is 0.373 e. The number of fused-ring (bicyclic) bond motifs is 6. The van der Waals surface area contributed by atoms with Crippen molar-refractivity contribution in [2.24, 2.45) is 11.5 Å². The SMILES string of the molecule is C[C@@H]1CNC(=O)c2cc3ccc(C(=O)Nc4ccccc4C(N)=O)nc3n21.C[C@@H]1CNC(=O)c2cc3cccnc3n21.NC(=O)c1ccccc1N.O=C=O. The first-order valence-corrected chi connectivity index (χ1v) is 16.7. The molecule has 17 heteroatoms. The maximum atomic E-state index is 12.7. The number of nitrogens with one attached hydrogen (secondary N) is 3. The Morgan fingerprint density at radius 1 is 0.745 bits per heavy atom. The number of nitrogen functional groups attached to an aromatic ring is 1. The summed E-state index contributed by atoms with van der Waals surface area (Å²) in [4.78, 5) is 83.5. The van der Waals surface area contributed by atoms with Gasteiger partial charge in [-0.25, -0.2) is 9.97 Å². The number of amides is 5. The zero-order chi connectivity index (χ0) is 39.8. The molecule has 6 heterocycles. The summed E-state index contributed by atoms with van der Waals surface area (Å²) < 4.78 is 3.84. The average Bonchev–Trinajstić information content (AvgIpc) is 3.77. The van der Waals surface area contributed by atoms with Crippen LogP contribution in [0.3, 0.4) is 0 Å². The fourth-order valence-electron chi connectivity index (χ4n) is 6.08. The van der Waals surface area contributed by atoms with Gasteiger partial charge in [0, 0.05) is 35.7 Å². The van der Waals surface area contributed by atoms with E-state index in [2.05, 4.69) is 32.8 Å². The molecule has 0 fully saturated rings. The van der Waals surface area contributed by atoms with Crippen molar-refractivity contribution in [1.29, 1.82) is 0 Å². The molecular formula is C38H36N10O7. The molecule has 6 aromatic rings. The molecule has 280 valence electrons. The summed E-state index contributed by atoms with van der Waals surface area (Å²) in [7, 11) is 0. The van der Waals surface area contributed by atoms with E-state index in [1.54, 1.807) is 66.9 Å². The molecule has 4 aromatic heterocycles. The lowest BCUT2D eigenvalue weighted by Crippen LogP contribution is -2.37. The third-order valence-electron chi connectivity index (χ3n) is 8.64. The molecule has 0 spiro atoms. The van der Waals surface area contributed by atoms with Crippen LogP contribution in [0.1, 0.15) is 78.1 Å². The van der Waals surface area contributed by atoms with Crippen molar-refractivity contribution < 1.29 is 33.6 Å². The molecule has 9 N–H and O–H groups in total. The Kier molecular flexibility index (Phi) is 11.8. The number of aromatic nitrogens is 4. The smallest absolute Gasteiger partial charge is 0.373 e. The summed E-state index contributed by atoms with van der Waals surface area (Å²) in [6.07, 6.45) is 2.01. The Balaban J connectivity index is 0.000000173. The van der Waals surface area contributed by atoms with Crippen molar-refractivity contribution in [3.8, 4) is 0 Å². The van der Waals surface area contributed by atoms with Gasteiger partial charge in [-0.15, -0.1) is 0 Å². The molecule has 17 nitrogen and oxygen atoms in total. The maximum absolute atomic E-state index is 12.7. The highest BCUT2D eigenvalue weighted by Crippen LogP contribution is 2.27. The Hall–Kier alpha value is -7.65. The molecule has 0 saturated heterocycles. The van der Waals surface area contributed by atoms with Gasteiger partial charge in [0.25, 0.3) is 29.5 Å². The van der Waals surface area contributed by atoms with E-state index in [1.807, 2.05) is 34.3 Å². The number of nitrogens with two attached hydrogens (primary N) is 3. The Morgan fingerprint density at radius 3 is 1.84 bits per heavy atom. The first-order valence-electron chi connectivity index (χ1n) is 16.7. The van der Waals surface area contributed by atoms with Gasteiger partial charge in [-0.1, -0.05) is 24.3 Å². The molecule has 55 heavy (non-hydrogen) atoms. The van der Waals surface area contributed by atoms with Crippen molar-refractivity contribution in [3.63, 3.8) is 0 Å². The quantitative estimate of drug-likeness (QED) is 0.144. The Labute approximate surface area is 312 Å². The van der Waals surface area contributed by atoms with Crippen molar-refractivity contribution in [2.75, 3.05) is 24.1 Å². The second kappa shape index (κ2) is 16.8. The van der Waals surface area contributed by atoms with Gasteiger partial charge in [0.1, 0.15) is 28.4 Å². The first-order chi connectivity index (χ1) is 26.4. The summed E-state index contributed by atoms with van der Waals surface area (Å²) in [6, 6.07) is 24.4. The van der Waals surface area contributed by atoms with Crippen LogP contribution in [-0.4, -0.2) is 67.9 Å². The van der Waals surface area contributed by atoms with Crippen LogP contribution in [0.25, 0.3) is 22.1 Å². The van der Waals surface area contributed by atoms with Crippen LogP contribution >= 0.6 is 0 Å². The van der Waals surface area contributed by atoms with Crippen LogP contribution in [-0.2, 0) is 9.59 Å². The van der Waals surface area contributed by atoms with Crippen LogP contribution in [0.15, 0.2) is 91.1 Å². The molecule has 2 aliphatic heterocycles. The van der Waals surface area contributed by atoms with E-state index in [1.165, 1.54) is 6.07 Å². The van der Waals surface area contributed by atoms with Crippen LogP contribution in [0.2, 0.25) is 0 Å². The standard InChI is InChI=1S/C19H17N5O3.C11H11N3O.C7H8N2O.CO2/c1-10-9-21-19(27)15-8-11-6-7-14(22-17(11)24(10)15)18(26)23-13-5-3-2-4-12(13)16(20)25;1-7-6-13-11(15)9-5-8-3-2-4-12-10(8)14(7)9;8-6-4-2-1-3-5(6)7(9)10;2-1-3/h2-8,10H,9H2,1H3,(H2,20,25)(H,21,27)(H,23,26);2-5,7H,6H2,1H3,(H,13,15);1-4H,8H2,(H2,9,10);/t10-;7-;;/m11../s1. The van der Waals surface area contributed by atoms with Gasteiger partial charge >= 0.3 is 6.15 Å². The molecule has 2 aliphatic rings. The predicted molar refractivity (Wildman–Crippen MR) is 201 cm³/mol. The molecule has 0 aliphatic carbocycles. The van der Waals surface area contributed by atoms with E-state index in [4.69, 9.17) is 26.8 Å². The predicted octanol–water partition coefficient (Wildman–Crippen LogP) is 2.82. The van der Waals surface area contributed by atoms with Crippen molar-refractivity contribution in [3.05, 3.63) is 119 Å². The van der Waals surface area contributed by atoms with Crippen molar-refractivity contribution in [1.82, 2.24) is 29.7 Å². The number of benzene rings is 2. The van der Waals surface area contributed by atoms with E-state index >= 15 is 0 Å². The molecule has 5 amide bonds. The topological polar surface area (TPSA) is 269 Å². The first kappa shape index (κ1) is 38.6. The number of hydrogen-bond donors (Lipinski definition) is 6. The third-order valence-corrected chi connectivity index (χ3v) is 8.64. The summed E-state index contributed by atoms with van der Waals surface area (Å²) in [5, 5.41) is 10.2. The monoisotopic (exact) mass is 744 g/mol. The molecule has 0 radical (unpaired) electrons. The molecular weight excluding hydrogens is 708 g/mol. The molecule has 8 rings (SSSR count). The fraction of sp³-hybridized carbons (Fsp3) is 0.158. The zero-order valence-electron chi connectivity index (χ0n) is 29.6. The van der Waals surface area contributed by atoms with Gasteiger partial charge in [0.2, 0.25) is 0 Å². The number of para-hydroxylation sites is 2. The number of carbonyl (C=O) groups excluding carboxylic acids is 7. The van der Waals surface area contributed by atoms with Crippen molar-refractivity contribution in [2.45, 2.75) is 25.9 Å². The minimum atomic E-state index is -0.630. The third kappa shape index (κ3) is 8.37. The number of primary amides is 2. The summed E-state index contributed by atoms with van der Waals surface area (Å²) in [5.41, 5.74) is 20.0. The lowest BCUT2D eigenvalue weighted by atomic mass is 10.1. The minimum Gasteiger partial charge on any atom is -0.398 e. The van der Waals surface area contributed by atoms with E-state index in [-0.39, 0.29) is 41.3 Å². The Morgan fingerprint density at radius 2 is 1.27 bits per heavy atom. The van der Waals surface area contributed by atoms with Gasteiger partial charge in [-0.2, -0.15) is 9.59 Å². The summed E-state index contributed by atoms with van der Waals surface area (Å²) in [5.74, 6) is -1.75. The van der Waals surface area contributed by atoms with Crippen LogP contribution in [0.4, 0.5) is 11.4 Å². The van der Waals surface area contributed by atoms with E-state index < -0.39 is 17.7 Å². The molecule has 0 bridgehead atoms. The number of rotatable bonds is 4. The highest BCUT2D eigenvalue weighted by molar-refractivity contribution is 6.09. The molecule has 2 aromatic carbocycles. The number of anilines is 2.